The minimum absolute atomic E-state index is 0.109. The second-order valence-electron chi connectivity index (χ2n) is 7.29. The van der Waals surface area contributed by atoms with Crippen LogP contribution in [0, 0.1) is 5.92 Å². The fourth-order valence-electron chi connectivity index (χ4n) is 3.44. The largest absolute Gasteiger partial charge is 0.493 e. The fraction of sp³-hybridized carbons (Fsp3) is 0.292. The highest BCUT2D eigenvalue weighted by atomic mass is 35.5. The summed E-state index contributed by atoms with van der Waals surface area (Å²) in [6, 6.07) is 12.3. The molecule has 0 spiro atoms. The summed E-state index contributed by atoms with van der Waals surface area (Å²) in [4.78, 5) is 26.9. The zero-order valence-corrected chi connectivity index (χ0v) is 18.7. The highest BCUT2D eigenvalue weighted by molar-refractivity contribution is 6.33. The number of carbonyl (C=O) groups excluding carboxylic acids is 2. The highest BCUT2D eigenvalue weighted by Gasteiger charge is 2.28. The van der Waals surface area contributed by atoms with Crippen molar-refractivity contribution in [2.75, 3.05) is 26.8 Å². The molecule has 2 aromatic rings. The van der Waals surface area contributed by atoms with Crippen LogP contribution in [-0.4, -0.2) is 49.7 Å². The third kappa shape index (κ3) is 5.88. The molecule has 0 saturated carbocycles. The van der Waals surface area contributed by atoms with E-state index in [0.717, 1.165) is 5.56 Å². The average Bonchev–Trinajstić information content (AvgIpc) is 2.83. The Balaban J connectivity index is 1.51. The SMILES string of the molecule is C=CCOc1ccc(/C=N\NC(=O)C2CCN(C(=O)c3ccccc3Cl)CC2)cc1OC. The Labute approximate surface area is 192 Å². The van der Waals surface area contributed by atoms with Crippen molar-refractivity contribution in [2.24, 2.45) is 11.0 Å². The van der Waals surface area contributed by atoms with Gasteiger partial charge >= 0.3 is 0 Å². The van der Waals surface area contributed by atoms with Crippen molar-refractivity contribution in [3.05, 3.63) is 71.3 Å². The molecule has 1 aliphatic heterocycles. The molecule has 1 saturated heterocycles. The number of piperidine rings is 1. The molecule has 1 heterocycles. The van der Waals surface area contributed by atoms with Crippen molar-refractivity contribution < 1.29 is 19.1 Å². The normalized spacial score (nSPS) is 14.2. The minimum Gasteiger partial charge on any atom is -0.493 e. The lowest BCUT2D eigenvalue weighted by Crippen LogP contribution is -2.42. The Hall–Kier alpha value is -3.32. The molecule has 7 nitrogen and oxygen atoms in total. The van der Waals surface area contributed by atoms with Gasteiger partial charge in [0.2, 0.25) is 5.91 Å². The Bertz CT molecular complexity index is 1000. The quantitative estimate of drug-likeness (QED) is 0.371. The number of likely N-dealkylation sites (tertiary alicyclic amines) is 1. The van der Waals surface area contributed by atoms with Crippen LogP contribution >= 0.6 is 11.6 Å². The molecular weight excluding hydrogens is 430 g/mol. The molecule has 3 rings (SSSR count). The smallest absolute Gasteiger partial charge is 0.255 e. The second kappa shape index (κ2) is 11.3. The fourth-order valence-corrected chi connectivity index (χ4v) is 3.66. The summed E-state index contributed by atoms with van der Waals surface area (Å²) in [5.41, 5.74) is 3.83. The van der Waals surface area contributed by atoms with Crippen LogP contribution in [-0.2, 0) is 4.79 Å². The van der Waals surface area contributed by atoms with E-state index in [0.29, 0.717) is 54.6 Å². The summed E-state index contributed by atoms with van der Waals surface area (Å²) < 4.78 is 10.8. The molecule has 1 fully saturated rings. The molecule has 0 aromatic heterocycles. The maximum Gasteiger partial charge on any atom is 0.255 e. The molecule has 0 unspecified atom stereocenters. The number of amides is 2. The first-order valence-electron chi connectivity index (χ1n) is 10.3. The first kappa shape index (κ1) is 23.3. The Morgan fingerprint density at radius 1 is 1.22 bits per heavy atom. The number of carbonyl (C=O) groups is 2. The summed E-state index contributed by atoms with van der Waals surface area (Å²) in [6.45, 7) is 4.99. The zero-order chi connectivity index (χ0) is 22.9. The van der Waals surface area contributed by atoms with Crippen LogP contribution in [0.15, 0.2) is 60.2 Å². The van der Waals surface area contributed by atoms with Gasteiger partial charge in [-0.05, 0) is 48.7 Å². The first-order valence-corrected chi connectivity index (χ1v) is 10.7. The molecule has 2 aromatic carbocycles. The van der Waals surface area contributed by atoms with Gasteiger partial charge in [0.25, 0.3) is 5.91 Å². The third-order valence-electron chi connectivity index (χ3n) is 5.19. The second-order valence-corrected chi connectivity index (χ2v) is 7.70. The van der Waals surface area contributed by atoms with Gasteiger partial charge in [0, 0.05) is 19.0 Å². The molecular formula is C24H26ClN3O4. The molecule has 0 aliphatic carbocycles. The maximum atomic E-state index is 12.7. The van der Waals surface area contributed by atoms with Crippen LogP contribution in [0.4, 0.5) is 0 Å². The van der Waals surface area contributed by atoms with E-state index in [4.69, 9.17) is 21.1 Å². The lowest BCUT2D eigenvalue weighted by Gasteiger charge is -2.31. The van der Waals surface area contributed by atoms with Crippen molar-refractivity contribution in [1.82, 2.24) is 10.3 Å². The summed E-state index contributed by atoms with van der Waals surface area (Å²) in [5, 5.41) is 4.50. The number of rotatable bonds is 8. The van der Waals surface area contributed by atoms with E-state index < -0.39 is 0 Å². The molecule has 0 atom stereocenters. The van der Waals surface area contributed by atoms with Crippen LogP contribution in [0.2, 0.25) is 5.02 Å². The molecule has 168 valence electrons. The monoisotopic (exact) mass is 455 g/mol. The predicted octanol–water partition coefficient (Wildman–Crippen LogP) is 3.92. The standard InChI is InChI=1S/C24H26ClN3O4/c1-3-14-32-21-9-8-17(15-22(21)31-2)16-26-27-23(29)18-10-12-28(13-11-18)24(30)19-6-4-5-7-20(19)25/h3-9,15-16,18H,1,10-14H2,2H3,(H,27,29)/b26-16-. The highest BCUT2D eigenvalue weighted by Crippen LogP contribution is 2.27. The summed E-state index contributed by atoms with van der Waals surface area (Å²) in [5.74, 6) is 0.696. The predicted molar refractivity (Wildman–Crippen MR) is 125 cm³/mol. The number of benzene rings is 2. The number of hydrazone groups is 1. The van der Waals surface area contributed by atoms with Gasteiger partial charge in [-0.15, -0.1) is 0 Å². The molecule has 1 N–H and O–H groups in total. The van der Waals surface area contributed by atoms with E-state index in [9.17, 15) is 9.59 Å². The number of ether oxygens (including phenoxy) is 2. The number of hydrogen-bond acceptors (Lipinski definition) is 5. The summed E-state index contributed by atoms with van der Waals surface area (Å²) in [7, 11) is 1.56. The zero-order valence-electron chi connectivity index (χ0n) is 17.9. The Morgan fingerprint density at radius 3 is 2.66 bits per heavy atom. The van der Waals surface area contributed by atoms with Gasteiger partial charge in [0.1, 0.15) is 6.61 Å². The van der Waals surface area contributed by atoms with E-state index in [1.807, 2.05) is 6.07 Å². The van der Waals surface area contributed by atoms with Crippen molar-refractivity contribution >= 4 is 29.6 Å². The third-order valence-corrected chi connectivity index (χ3v) is 5.52. The van der Waals surface area contributed by atoms with Crippen molar-refractivity contribution in [1.29, 1.82) is 0 Å². The van der Waals surface area contributed by atoms with Crippen molar-refractivity contribution in [3.63, 3.8) is 0 Å². The number of nitrogens with one attached hydrogen (secondary N) is 1. The van der Waals surface area contributed by atoms with Gasteiger partial charge in [-0.3, -0.25) is 9.59 Å². The van der Waals surface area contributed by atoms with Crippen LogP contribution in [0.3, 0.4) is 0 Å². The van der Waals surface area contributed by atoms with Gasteiger partial charge in [0.05, 0.1) is 23.9 Å². The first-order chi connectivity index (χ1) is 15.5. The maximum absolute atomic E-state index is 12.7. The molecule has 0 radical (unpaired) electrons. The topological polar surface area (TPSA) is 80.2 Å². The van der Waals surface area contributed by atoms with Gasteiger partial charge < -0.3 is 14.4 Å². The molecule has 1 aliphatic rings. The Kier molecular flexibility index (Phi) is 8.27. The lowest BCUT2D eigenvalue weighted by atomic mass is 9.95. The van der Waals surface area contributed by atoms with E-state index in [2.05, 4.69) is 17.1 Å². The van der Waals surface area contributed by atoms with Gasteiger partial charge in [0.15, 0.2) is 11.5 Å². The minimum atomic E-state index is -0.202. The average molecular weight is 456 g/mol. The summed E-state index contributed by atoms with van der Waals surface area (Å²) in [6.07, 6.45) is 4.34. The number of methoxy groups -OCH3 is 1. The number of nitrogens with zero attached hydrogens (tertiary/aromatic N) is 2. The molecule has 8 heteroatoms. The molecule has 2 amide bonds. The van der Waals surface area contributed by atoms with Crippen molar-refractivity contribution in [3.8, 4) is 11.5 Å². The van der Waals surface area contributed by atoms with E-state index in [1.165, 1.54) is 0 Å². The van der Waals surface area contributed by atoms with E-state index in [1.54, 1.807) is 60.7 Å². The molecule has 0 bridgehead atoms. The van der Waals surface area contributed by atoms with Gasteiger partial charge in [-0.2, -0.15) is 5.10 Å². The van der Waals surface area contributed by atoms with Gasteiger partial charge in [-0.1, -0.05) is 36.4 Å². The van der Waals surface area contributed by atoms with Gasteiger partial charge in [-0.25, -0.2) is 5.43 Å². The molecule has 32 heavy (non-hydrogen) atoms. The summed E-state index contributed by atoms with van der Waals surface area (Å²) >= 11 is 6.13. The van der Waals surface area contributed by atoms with Crippen molar-refractivity contribution in [2.45, 2.75) is 12.8 Å². The van der Waals surface area contributed by atoms with Crippen LogP contribution in [0.25, 0.3) is 0 Å². The number of halogens is 1. The van der Waals surface area contributed by atoms with E-state index in [-0.39, 0.29) is 17.7 Å². The Morgan fingerprint density at radius 2 is 1.97 bits per heavy atom. The van der Waals surface area contributed by atoms with Crippen LogP contribution in [0.5, 0.6) is 11.5 Å². The lowest BCUT2D eigenvalue weighted by molar-refractivity contribution is -0.126. The number of hydrogen-bond donors (Lipinski definition) is 1. The van der Waals surface area contributed by atoms with Crippen LogP contribution < -0.4 is 14.9 Å². The van der Waals surface area contributed by atoms with Crippen LogP contribution in [0.1, 0.15) is 28.8 Å². The van der Waals surface area contributed by atoms with E-state index >= 15 is 0 Å².